The van der Waals surface area contributed by atoms with Crippen molar-refractivity contribution in [1.82, 2.24) is 0 Å². The summed E-state index contributed by atoms with van der Waals surface area (Å²) >= 11 is 0. The average Bonchev–Trinajstić information content (AvgIpc) is 2.78. The van der Waals surface area contributed by atoms with Crippen molar-refractivity contribution in [3.05, 3.63) is 35.9 Å². The minimum absolute atomic E-state index is 0.558. The van der Waals surface area contributed by atoms with E-state index in [9.17, 15) is 4.79 Å². The third-order valence-electron chi connectivity index (χ3n) is 6.53. The van der Waals surface area contributed by atoms with E-state index in [4.69, 9.17) is 9.84 Å². The van der Waals surface area contributed by atoms with E-state index in [1.54, 1.807) is 0 Å². The highest BCUT2D eigenvalue weighted by molar-refractivity contribution is 5.73. The molecule has 0 saturated heterocycles. The molecule has 0 aliphatic carbocycles. The number of aliphatic carboxylic acids is 1. The Morgan fingerprint density at radius 1 is 0.688 bits per heavy atom. The van der Waals surface area contributed by atoms with Crippen LogP contribution in [-0.2, 0) is 16.1 Å². The monoisotopic (exact) mass is 446 g/mol. The van der Waals surface area contributed by atoms with E-state index in [0.29, 0.717) is 0 Å². The van der Waals surface area contributed by atoms with Gasteiger partial charge in [-0.05, 0) is 32.3 Å². The Hall–Kier alpha value is -1.35. The van der Waals surface area contributed by atoms with Gasteiger partial charge in [0.25, 0.3) is 0 Å². The Bertz CT molecular complexity index is 553. The predicted molar refractivity (Wildman–Crippen MR) is 136 cm³/mol. The van der Waals surface area contributed by atoms with Gasteiger partial charge in [0.15, 0.2) is 0 Å². The van der Waals surface area contributed by atoms with Gasteiger partial charge in [0.2, 0.25) is 0 Å². The highest BCUT2D eigenvalue weighted by Crippen LogP contribution is 2.24. The first-order valence-electron chi connectivity index (χ1n) is 13.4. The summed E-state index contributed by atoms with van der Waals surface area (Å²) in [7, 11) is 0. The molecule has 1 aromatic carbocycles. The highest BCUT2D eigenvalue weighted by Gasteiger charge is 2.25. The molecule has 184 valence electrons. The molecule has 0 heterocycles. The number of carboxylic acids is 1. The fourth-order valence-corrected chi connectivity index (χ4v) is 4.12. The maximum absolute atomic E-state index is 11.1. The van der Waals surface area contributed by atoms with Gasteiger partial charge in [-0.1, -0.05) is 127 Å². The number of benzene rings is 1. The Balaban J connectivity index is 1.71. The normalized spacial score (nSPS) is 11.7. The maximum Gasteiger partial charge on any atom is 0.309 e. The molecule has 3 nitrogen and oxygen atoms in total. The summed E-state index contributed by atoms with van der Waals surface area (Å²) in [6.45, 7) is 5.30. The molecule has 0 aliphatic rings. The molecule has 0 bridgehead atoms. The molecule has 32 heavy (non-hydrogen) atoms. The Labute approximate surface area is 198 Å². The van der Waals surface area contributed by atoms with Crippen molar-refractivity contribution in [2.24, 2.45) is 5.41 Å². The van der Waals surface area contributed by atoms with Crippen LogP contribution in [0.2, 0.25) is 0 Å². The van der Waals surface area contributed by atoms with Crippen molar-refractivity contribution >= 4 is 5.97 Å². The molecule has 0 amide bonds. The van der Waals surface area contributed by atoms with Crippen LogP contribution in [0.3, 0.4) is 0 Å². The second kappa shape index (κ2) is 19.1. The van der Waals surface area contributed by atoms with Crippen LogP contribution >= 0.6 is 0 Å². The van der Waals surface area contributed by atoms with Crippen LogP contribution in [0, 0.1) is 5.41 Å². The van der Waals surface area contributed by atoms with E-state index in [1.807, 2.05) is 19.9 Å². The molecule has 0 aromatic heterocycles. The molecule has 0 fully saturated rings. The lowest BCUT2D eigenvalue weighted by Gasteiger charge is -2.18. The van der Waals surface area contributed by atoms with Crippen LogP contribution in [0.4, 0.5) is 0 Å². The smallest absolute Gasteiger partial charge is 0.309 e. The first-order chi connectivity index (χ1) is 15.5. The van der Waals surface area contributed by atoms with Gasteiger partial charge in [-0.25, -0.2) is 0 Å². The van der Waals surface area contributed by atoms with Crippen LogP contribution in [0.25, 0.3) is 0 Å². The summed E-state index contributed by atoms with van der Waals surface area (Å²) in [6, 6.07) is 10.4. The summed E-state index contributed by atoms with van der Waals surface area (Å²) in [6.07, 6.45) is 21.9. The molecule has 3 heteroatoms. The zero-order chi connectivity index (χ0) is 23.3. The van der Waals surface area contributed by atoms with Gasteiger partial charge in [-0.15, -0.1) is 0 Å². The van der Waals surface area contributed by atoms with E-state index in [2.05, 4.69) is 24.3 Å². The topological polar surface area (TPSA) is 46.5 Å². The van der Waals surface area contributed by atoms with Gasteiger partial charge < -0.3 is 9.84 Å². The quantitative estimate of drug-likeness (QED) is 0.181. The average molecular weight is 447 g/mol. The molecule has 0 unspecified atom stereocenters. The number of rotatable bonds is 22. The Kier molecular flexibility index (Phi) is 17.2. The Morgan fingerprint density at radius 2 is 1.09 bits per heavy atom. The van der Waals surface area contributed by atoms with Gasteiger partial charge in [-0.3, -0.25) is 4.79 Å². The van der Waals surface area contributed by atoms with Crippen molar-refractivity contribution < 1.29 is 14.6 Å². The van der Waals surface area contributed by atoms with Crippen molar-refractivity contribution in [1.29, 1.82) is 0 Å². The molecule has 1 N–H and O–H groups in total. The molecule has 0 saturated carbocycles. The van der Waals surface area contributed by atoms with Crippen molar-refractivity contribution in [2.45, 2.75) is 130 Å². The lowest BCUT2D eigenvalue weighted by atomic mass is 9.87. The predicted octanol–water partition coefficient (Wildman–Crippen LogP) is 8.95. The molecular weight excluding hydrogens is 396 g/mol. The summed E-state index contributed by atoms with van der Waals surface area (Å²) in [4.78, 5) is 11.1. The molecule has 0 spiro atoms. The maximum atomic E-state index is 11.1. The summed E-state index contributed by atoms with van der Waals surface area (Å²) in [5.74, 6) is -0.669. The van der Waals surface area contributed by atoms with Gasteiger partial charge in [-0.2, -0.15) is 0 Å². The fourth-order valence-electron chi connectivity index (χ4n) is 4.12. The number of ether oxygens (including phenoxy) is 1. The van der Waals surface area contributed by atoms with Crippen molar-refractivity contribution in [2.75, 3.05) is 6.61 Å². The standard InChI is InChI=1S/C29H50O3/c1-29(2,28(30)31)24-20-15-13-11-9-7-5-3-4-6-8-10-12-14-16-21-25-32-26-27-22-18-17-19-23-27/h17-19,22-23H,3-16,20-21,24-26H2,1-2H3,(H,30,31). The van der Waals surface area contributed by atoms with Crippen molar-refractivity contribution in [3.8, 4) is 0 Å². The van der Waals surface area contributed by atoms with Crippen LogP contribution in [0.5, 0.6) is 0 Å². The number of hydrogen-bond donors (Lipinski definition) is 1. The van der Waals surface area contributed by atoms with E-state index in [0.717, 1.165) is 26.1 Å². The van der Waals surface area contributed by atoms with Crippen LogP contribution in [0.1, 0.15) is 129 Å². The lowest BCUT2D eigenvalue weighted by Crippen LogP contribution is -2.23. The van der Waals surface area contributed by atoms with Crippen molar-refractivity contribution in [3.63, 3.8) is 0 Å². The molecule has 1 aromatic rings. The van der Waals surface area contributed by atoms with E-state index in [-0.39, 0.29) is 0 Å². The van der Waals surface area contributed by atoms with Gasteiger partial charge in [0.05, 0.1) is 12.0 Å². The minimum atomic E-state index is -0.669. The Morgan fingerprint density at radius 3 is 1.53 bits per heavy atom. The molecule has 0 aliphatic heterocycles. The van der Waals surface area contributed by atoms with Gasteiger partial charge in [0, 0.05) is 6.61 Å². The molecule has 1 rings (SSSR count). The van der Waals surface area contributed by atoms with Crippen LogP contribution in [0.15, 0.2) is 30.3 Å². The highest BCUT2D eigenvalue weighted by atomic mass is 16.5. The largest absolute Gasteiger partial charge is 0.481 e. The SMILES string of the molecule is CC(C)(CCCCCCCCCCCCCCCCCCOCc1ccccc1)C(=O)O. The van der Waals surface area contributed by atoms with Gasteiger partial charge >= 0.3 is 5.97 Å². The number of unbranched alkanes of at least 4 members (excludes halogenated alkanes) is 15. The second-order valence-corrected chi connectivity index (χ2v) is 10.1. The number of carbonyl (C=O) groups is 1. The van der Waals surface area contributed by atoms with E-state index < -0.39 is 11.4 Å². The third-order valence-corrected chi connectivity index (χ3v) is 6.53. The number of carboxylic acid groups (broad SMARTS) is 1. The molecule has 0 atom stereocenters. The van der Waals surface area contributed by atoms with Crippen LogP contribution in [-0.4, -0.2) is 17.7 Å². The summed E-state index contributed by atoms with van der Waals surface area (Å²) in [5, 5.41) is 9.12. The number of hydrogen-bond acceptors (Lipinski definition) is 2. The van der Waals surface area contributed by atoms with Crippen LogP contribution < -0.4 is 0 Å². The minimum Gasteiger partial charge on any atom is -0.481 e. The lowest BCUT2D eigenvalue weighted by molar-refractivity contribution is -0.147. The van der Waals surface area contributed by atoms with Gasteiger partial charge in [0.1, 0.15) is 0 Å². The molecule has 0 radical (unpaired) electrons. The van der Waals surface area contributed by atoms with E-state index >= 15 is 0 Å². The van der Waals surface area contributed by atoms with E-state index in [1.165, 1.54) is 102 Å². The first kappa shape index (κ1) is 28.7. The zero-order valence-corrected chi connectivity index (χ0v) is 21.1. The zero-order valence-electron chi connectivity index (χ0n) is 21.1. The first-order valence-corrected chi connectivity index (χ1v) is 13.4. The third kappa shape index (κ3) is 16.3. The molecular formula is C29H50O3. The second-order valence-electron chi connectivity index (χ2n) is 10.1. The summed E-state index contributed by atoms with van der Waals surface area (Å²) < 4.78 is 5.74. The fraction of sp³-hybridized carbons (Fsp3) is 0.759. The summed E-state index contributed by atoms with van der Waals surface area (Å²) in [5.41, 5.74) is 0.707.